The van der Waals surface area contributed by atoms with Gasteiger partial charge in [-0.05, 0) is 51.2 Å². The third kappa shape index (κ3) is 4.79. The number of piperidine rings is 1. The predicted octanol–water partition coefficient (Wildman–Crippen LogP) is 3.07. The number of carbonyl (C=O) groups is 1. The third-order valence-electron chi connectivity index (χ3n) is 5.17. The number of hydrogen-bond donors (Lipinski definition) is 1. The molecule has 0 aliphatic carbocycles. The number of likely N-dealkylation sites (tertiary alicyclic amines) is 1. The Morgan fingerprint density at radius 3 is 2.89 bits per heavy atom. The van der Waals surface area contributed by atoms with Gasteiger partial charge in [-0.3, -0.25) is 4.79 Å². The maximum absolute atomic E-state index is 12.6. The molecular formula is C20H29N5O2S. The molecule has 1 aromatic heterocycles. The summed E-state index contributed by atoms with van der Waals surface area (Å²) < 4.78 is 7.25. The van der Waals surface area contributed by atoms with Gasteiger partial charge in [0.2, 0.25) is 11.1 Å². The fourth-order valence-corrected chi connectivity index (χ4v) is 4.33. The van der Waals surface area contributed by atoms with Crippen LogP contribution in [0.1, 0.15) is 49.6 Å². The van der Waals surface area contributed by atoms with E-state index in [1.54, 1.807) is 0 Å². The number of thioether (sulfide) groups is 1. The van der Waals surface area contributed by atoms with Crippen LogP contribution in [-0.4, -0.2) is 44.0 Å². The van der Waals surface area contributed by atoms with Crippen LogP contribution in [0.3, 0.4) is 0 Å². The smallest absolute Gasteiger partial charge is 0.233 e. The molecule has 0 radical (unpaired) electrons. The van der Waals surface area contributed by atoms with Crippen molar-refractivity contribution in [3.63, 3.8) is 0 Å². The minimum Gasteiger partial charge on any atom is -0.485 e. The molecule has 0 bridgehead atoms. The Bertz CT molecular complexity index is 823. The molecule has 0 saturated carbocycles. The van der Waals surface area contributed by atoms with Crippen molar-refractivity contribution in [2.45, 2.75) is 64.3 Å². The molecule has 1 aliphatic heterocycles. The molecule has 2 heterocycles. The van der Waals surface area contributed by atoms with E-state index in [0.717, 1.165) is 37.1 Å². The number of nitrogens with two attached hydrogens (primary N) is 1. The van der Waals surface area contributed by atoms with Crippen molar-refractivity contribution < 1.29 is 9.53 Å². The molecule has 2 aromatic rings. The van der Waals surface area contributed by atoms with Crippen LogP contribution >= 0.6 is 11.8 Å². The largest absolute Gasteiger partial charge is 0.485 e. The number of nitrogen functional groups attached to an aromatic ring is 1. The van der Waals surface area contributed by atoms with E-state index in [2.05, 4.69) is 23.2 Å². The Hall–Kier alpha value is -2.22. The van der Waals surface area contributed by atoms with Gasteiger partial charge in [0.15, 0.2) is 5.82 Å². The Morgan fingerprint density at radius 1 is 1.32 bits per heavy atom. The predicted molar refractivity (Wildman–Crippen MR) is 111 cm³/mol. The van der Waals surface area contributed by atoms with Crippen molar-refractivity contribution in [3.05, 3.63) is 35.2 Å². The van der Waals surface area contributed by atoms with Gasteiger partial charge >= 0.3 is 0 Å². The Morgan fingerprint density at radius 2 is 2.14 bits per heavy atom. The second-order valence-electron chi connectivity index (χ2n) is 7.26. The highest BCUT2D eigenvalue weighted by Gasteiger charge is 2.25. The van der Waals surface area contributed by atoms with E-state index in [1.165, 1.54) is 28.4 Å². The fourth-order valence-electron chi connectivity index (χ4n) is 3.57. The van der Waals surface area contributed by atoms with Crippen molar-refractivity contribution in [1.29, 1.82) is 0 Å². The molecule has 3 rings (SSSR count). The van der Waals surface area contributed by atoms with Crippen LogP contribution in [0.25, 0.3) is 0 Å². The molecule has 0 spiro atoms. The van der Waals surface area contributed by atoms with Crippen LogP contribution < -0.4 is 10.6 Å². The van der Waals surface area contributed by atoms with Crippen LogP contribution in [0.5, 0.6) is 5.75 Å². The number of amides is 1. The Balaban J connectivity index is 1.56. The SMILES string of the molecule is CC[C@H]1CCCCN1C(=O)CSc1nnc(COc2ccc(C)cc2C)n1N. The highest BCUT2D eigenvalue weighted by molar-refractivity contribution is 7.99. The number of ether oxygens (including phenoxy) is 1. The highest BCUT2D eigenvalue weighted by atomic mass is 32.2. The molecule has 28 heavy (non-hydrogen) atoms. The van der Waals surface area contributed by atoms with E-state index in [0.29, 0.717) is 22.8 Å². The van der Waals surface area contributed by atoms with Gasteiger partial charge in [-0.15, -0.1) is 10.2 Å². The van der Waals surface area contributed by atoms with Crippen LogP contribution in [0.15, 0.2) is 23.4 Å². The van der Waals surface area contributed by atoms with Gasteiger partial charge in [0.1, 0.15) is 12.4 Å². The lowest BCUT2D eigenvalue weighted by Gasteiger charge is -2.35. The molecule has 2 N–H and O–H groups in total. The summed E-state index contributed by atoms with van der Waals surface area (Å²) in [4.78, 5) is 14.6. The quantitative estimate of drug-likeness (QED) is 0.565. The molecule has 1 saturated heterocycles. The summed E-state index contributed by atoms with van der Waals surface area (Å²) >= 11 is 1.33. The van der Waals surface area contributed by atoms with Gasteiger partial charge in [-0.25, -0.2) is 4.68 Å². The first-order chi connectivity index (χ1) is 13.5. The monoisotopic (exact) mass is 403 g/mol. The average molecular weight is 404 g/mol. The zero-order chi connectivity index (χ0) is 20.1. The van der Waals surface area contributed by atoms with E-state index in [9.17, 15) is 4.79 Å². The normalized spacial score (nSPS) is 17.0. The summed E-state index contributed by atoms with van der Waals surface area (Å²) in [6, 6.07) is 6.38. The lowest BCUT2D eigenvalue weighted by Crippen LogP contribution is -2.44. The zero-order valence-electron chi connectivity index (χ0n) is 16.9. The molecule has 152 valence electrons. The number of hydrogen-bond acceptors (Lipinski definition) is 6. The second kappa shape index (κ2) is 9.32. The molecule has 1 amide bonds. The van der Waals surface area contributed by atoms with Crippen molar-refractivity contribution in [1.82, 2.24) is 19.8 Å². The molecule has 1 fully saturated rings. The van der Waals surface area contributed by atoms with Crippen molar-refractivity contribution in [2.24, 2.45) is 0 Å². The maximum atomic E-state index is 12.6. The lowest BCUT2D eigenvalue weighted by molar-refractivity contribution is -0.132. The van der Waals surface area contributed by atoms with Crippen molar-refractivity contribution >= 4 is 17.7 Å². The van der Waals surface area contributed by atoms with Gasteiger partial charge in [0.05, 0.1) is 5.75 Å². The number of aryl methyl sites for hydroxylation is 2. The highest BCUT2D eigenvalue weighted by Crippen LogP contribution is 2.23. The third-order valence-corrected chi connectivity index (χ3v) is 6.09. The summed E-state index contributed by atoms with van der Waals surface area (Å²) in [6.45, 7) is 7.27. The van der Waals surface area contributed by atoms with Gasteiger partial charge in [-0.2, -0.15) is 0 Å². The maximum Gasteiger partial charge on any atom is 0.233 e. The lowest BCUT2D eigenvalue weighted by atomic mass is 10.0. The molecule has 7 nitrogen and oxygen atoms in total. The van der Waals surface area contributed by atoms with Crippen LogP contribution in [0, 0.1) is 13.8 Å². The number of aromatic nitrogens is 3. The van der Waals surface area contributed by atoms with Crippen LogP contribution in [-0.2, 0) is 11.4 Å². The van der Waals surface area contributed by atoms with Crippen LogP contribution in [0.4, 0.5) is 0 Å². The van der Waals surface area contributed by atoms with E-state index in [1.807, 2.05) is 30.9 Å². The summed E-state index contributed by atoms with van der Waals surface area (Å²) in [7, 11) is 0. The van der Waals surface area contributed by atoms with Crippen molar-refractivity contribution in [2.75, 3.05) is 18.1 Å². The van der Waals surface area contributed by atoms with Crippen molar-refractivity contribution in [3.8, 4) is 5.75 Å². The summed E-state index contributed by atoms with van der Waals surface area (Å²) in [6.07, 6.45) is 4.39. The van der Waals surface area contributed by atoms with E-state index >= 15 is 0 Å². The Labute approximate surface area is 170 Å². The first-order valence-electron chi connectivity index (χ1n) is 9.81. The van der Waals surface area contributed by atoms with Gasteiger partial charge < -0.3 is 15.5 Å². The van der Waals surface area contributed by atoms with E-state index < -0.39 is 0 Å². The standard InChI is InChI=1S/C20H29N5O2S/c1-4-16-7-5-6-10-24(16)19(26)13-28-20-23-22-18(25(20)21)12-27-17-9-8-14(2)11-15(17)3/h8-9,11,16H,4-7,10,12-13,21H2,1-3H3/t16-/m0/s1. The molecule has 1 aliphatic rings. The zero-order valence-corrected chi connectivity index (χ0v) is 17.7. The first kappa shape index (κ1) is 20.5. The topological polar surface area (TPSA) is 86.3 Å². The fraction of sp³-hybridized carbons (Fsp3) is 0.550. The molecular weight excluding hydrogens is 374 g/mol. The first-order valence-corrected chi connectivity index (χ1v) is 10.8. The number of carbonyl (C=O) groups excluding carboxylic acids is 1. The van der Waals surface area contributed by atoms with E-state index in [-0.39, 0.29) is 12.5 Å². The molecule has 1 aromatic carbocycles. The Kier molecular flexibility index (Phi) is 6.83. The number of rotatable bonds is 7. The molecule has 0 unspecified atom stereocenters. The van der Waals surface area contributed by atoms with Gasteiger partial charge in [0, 0.05) is 12.6 Å². The van der Waals surface area contributed by atoms with Crippen LogP contribution in [0.2, 0.25) is 0 Å². The minimum atomic E-state index is 0.146. The number of benzene rings is 1. The summed E-state index contributed by atoms with van der Waals surface area (Å²) in [5.74, 6) is 7.91. The minimum absolute atomic E-state index is 0.146. The van der Waals surface area contributed by atoms with Gasteiger partial charge in [-0.1, -0.05) is 36.4 Å². The van der Waals surface area contributed by atoms with E-state index in [4.69, 9.17) is 10.6 Å². The number of nitrogens with zero attached hydrogens (tertiary/aromatic N) is 4. The molecule has 8 heteroatoms. The van der Waals surface area contributed by atoms with Gasteiger partial charge in [0.25, 0.3) is 0 Å². The average Bonchev–Trinajstić information content (AvgIpc) is 3.05. The molecule has 1 atom stereocenters. The summed E-state index contributed by atoms with van der Waals surface area (Å²) in [5, 5.41) is 8.76. The summed E-state index contributed by atoms with van der Waals surface area (Å²) in [5.41, 5.74) is 2.25. The second-order valence-corrected chi connectivity index (χ2v) is 8.20.